The van der Waals surface area contributed by atoms with Gasteiger partial charge < -0.3 is 19.8 Å². The number of ether oxygens (including phenoxy) is 1. The Morgan fingerprint density at radius 2 is 1.97 bits per heavy atom. The lowest BCUT2D eigenvalue weighted by atomic mass is 9.99. The Labute approximate surface area is 218 Å². The molecule has 0 aliphatic carbocycles. The Hall–Kier alpha value is -3.45. The second-order valence-electron chi connectivity index (χ2n) is 9.94. The van der Waals surface area contributed by atoms with Gasteiger partial charge in [0.15, 0.2) is 0 Å². The summed E-state index contributed by atoms with van der Waals surface area (Å²) >= 11 is 0. The van der Waals surface area contributed by atoms with Gasteiger partial charge in [-0.1, -0.05) is 30.9 Å². The smallest absolute Gasteiger partial charge is 0.335 e. The first-order valence-corrected chi connectivity index (χ1v) is 12.3. The number of aliphatic hydroxyl groups is 1. The summed E-state index contributed by atoms with van der Waals surface area (Å²) in [5.41, 5.74) is 2.19. The normalized spacial score (nSPS) is 18.4. The molecule has 9 nitrogen and oxygen atoms in total. The van der Waals surface area contributed by atoms with E-state index in [0.717, 1.165) is 5.56 Å². The number of hydrogen-bond donors (Lipinski definition) is 2. The summed E-state index contributed by atoms with van der Waals surface area (Å²) in [5, 5.41) is 19.0. The van der Waals surface area contributed by atoms with Crippen LogP contribution in [0.4, 0.5) is 0 Å². The predicted molar refractivity (Wildman–Crippen MR) is 141 cm³/mol. The molecule has 2 N–H and O–H groups in total. The molecule has 0 saturated heterocycles. The molecule has 9 heteroatoms. The van der Waals surface area contributed by atoms with Crippen molar-refractivity contribution < 1.29 is 24.5 Å². The Morgan fingerprint density at radius 1 is 1.27 bits per heavy atom. The summed E-state index contributed by atoms with van der Waals surface area (Å²) in [7, 11) is 5.84. The van der Waals surface area contributed by atoms with Crippen molar-refractivity contribution in [2.45, 2.75) is 32.5 Å². The molecule has 1 aromatic heterocycles. The third-order valence-corrected chi connectivity index (χ3v) is 6.29. The van der Waals surface area contributed by atoms with Crippen LogP contribution in [0, 0.1) is 17.8 Å². The highest BCUT2D eigenvalue weighted by atomic mass is 16.5. The van der Waals surface area contributed by atoms with Crippen molar-refractivity contribution in [3.05, 3.63) is 58.8 Å². The lowest BCUT2D eigenvalue weighted by molar-refractivity contribution is 0.0325. The fraction of sp³-hybridized carbons (Fsp3) is 0.464. The number of carboxylic acids is 1. The van der Waals surface area contributed by atoms with Gasteiger partial charge in [-0.05, 0) is 51.8 Å². The molecule has 0 unspecified atom stereocenters. The number of aliphatic hydroxyl groups excluding tert-OH is 1. The molecule has 1 aliphatic heterocycles. The third-order valence-electron chi connectivity index (χ3n) is 6.29. The van der Waals surface area contributed by atoms with E-state index >= 15 is 0 Å². The number of hydrogen-bond acceptors (Lipinski definition) is 7. The molecule has 198 valence electrons. The van der Waals surface area contributed by atoms with Crippen LogP contribution in [0.5, 0.6) is 5.88 Å². The van der Waals surface area contributed by atoms with Crippen molar-refractivity contribution in [1.82, 2.24) is 19.7 Å². The van der Waals surface area contributed by atoms with E-state index in [1.165, 1.54) is 0 Å². The Balaban J connectivity index is 1.86. The number of nitrogens with zero attached hydrogens (tertiary/aromatic N) is 4. The lowest BCUT2D eigenvalue weighted by Crippen LogP contribution is -2.49. The molecule has 1 amide bonds. The van der Waals surface area contributed by atoms with Crippen LogP contribution in [0.15, 0.2) is 36.5 Å². The average molecular weight is 509 g/mol. The zero-order chi connectivity index (χ0) is 27.1. The van der Waals surface area contributed by atoms with Gasteiger partial charge in [0, 0.05) is 37.3 Å². The first-order chi connectivity index (χ1) is 17.6. The number of rotatable bonds is 8. The number of aromatic nitrogens is 1. The van der Waals surface area contributed by atoms with Gasteiger partial charge in [-0.15, -0.1) is 0 Å². The van der Waals surface area contributed by atoms with Gasteiger partial charge in [-0.2, -0.15) is 0 Å². The van der Waals surface area contributed by atoms with Gasteiger partial charge >= 0.3 is 5.97 Å². The maximum Gasteiger partial charge on any atom is 0.335 e. The zero-order valence-corrected chi connectivity index (χ0v) is 22.1. The summed E-state index contributed by atoms with van der Waals surface area (Å²) in [5.74, 6) is 5.15. The topological polar surface area (TPSA) is 106 Å². The van der Waals surface area contributed by atoms with Gasteiger partial charge in [0.2, 0.25) is 5.88 Å². The second kappa shape index (κ2) is 12.7. The maximum atomic E-state index is 13.5. The minimum atomic E-state index is -0.953. The van der Waals surface area contributed by atoms with E-state index in [-0.39, 0.29) is 42.0 Å². The fourth-order valence-electron chi connectivity index (χ4n) is 4.12. The molecule has 0 fully saturated rings. The van der Waals surface area contributed by atoms with E-state index in [1.807, 2.05) is 39.9 Å². The molecule has 37 heavy (non-hydrogen) atoms. The monoisotopic (exact) mass is 508 g/mol. The van der Waals surface area contributed by atoms with E-state index in [9.17, 15) is 14.7 Å². The largest absolute Gasteiger partial charge is 0.478 e. The van der Waals surface area contributed by atoms with Crippen LogP contribution in [0.3, 0.4) is 0 Å². The quantitative estimate of drug-likeness (QED) is 0.522. The molecule has 2 heterocycles. The Morgan fingerprint density at radius 3 is 2.59 bits per heavy atom. The Kier molecular flexibility index (Phi) is 9.64. The summed E-state index contributed by atoms with van der Waals surface area (Å²) < 4.78 is 6.34. The number of aromatic carboxylic acids is 1. The van der Waals surface area contributed by atoms with E-state index in [2.05, 4.69) is 21.7 Å². The minimum Gasteiger partial charge on any atom is -0.478 e. The second-order valence-corrected chi connectivity index (χ2v) is 9.94. The highest BCUT2D eigenvalue weighted by molar-refractivity contribution is 5.97. The van der Waals surface area contributed by atoms with Crippen LogP contribution >= 0.6 is 0 Å². The van der Waals surface area contributed by atoms with Crippen molar-refractivity contribution in [1.29, 1.82) is 0 Å². The van der Waals surface area contributed by atoms with Crippen LogP contribution in [0.2, 0.25) is 0 Å². The van der Waals surface area contributed by atoms with Crippen LogP contribution in [0.25, 0.3) is 0 Å². The zero-order valence-electron chi connectivity index (χ0n) is 22.1. The number of amides is 1. The molecule has 0 radical (unpaired) electrons. The van der Waals surface area contributed by atoms with E-state index in [1.54, 1.807) is 41.4 Å². The van der Waals surface area contributed by atoms with Gasteiger partial charge in [0.25, 0.3) is 5.91 Å². The van der Waals surface area contributed by atoms with Crippen LogP contribution < -0.4 is 4.74 Å². The molecule has 2 aromatic rings. The molecule has 0 saturated carbocycles. The molecular formula is C28H36N4O5. The van der Waals surface area contributed by atoms with Crippen LogP contribution in [-0.4, -0.2) is 101 Å². The van der Waals surface area contributed by atoms with Gasteiger partial charge in [0.05, 0.1) is 24.8 Å². The van der Waals surface area contributed by atoms with Crippen molar-refractivity contribution in [3.8, 4) is 17.7 Å². The summed E-state index contributed by atoms with van der Waals surface area (Å²) in [4.78, 5) is 34.8. The maximum absolute atomic E-state index is 13.5. The third kappa shape index (κ3) is 7.52. The van der Waals surface area contributed by atoms with Crippen molar-refractivity contribution >= 4 is 11.9 Å². The molecule has 0 bridgehead atoms. The molecule has 1 aliphatic rings. The number of carboxylic acid groups (broad SMARTS) is 1. The molecular weight excluding hydrogens is 472 g/mol. The highest BCUT2D eigenvalue weighted by Gasteiger charge is 2.34. The average Bonchev–Trinajstić information content (AvgIpc) is 2.86. The number of pyridine rings is 1. The van der Waals surface area contributed by atoms with Crippen molar-refractivity contribution in [2.24, 2.45) is 5.92 Å². The SMILES string of the molecule is C[C@H]1CN([C@@H](C)CO)C(=O)c2cc(C#CCN(C)C)cnc2O[C@@H]1CN(C)Cc1ccc(C(=O)O)cc1. The molecule has 3 rings (SSSR count). The van der Waals surface area contributed by atoms with Gasteiger partial charge in [0.1, 0.15) is 11.7 Å². The first-order valence-electron chi connectivity index (χ1n) is 12.3. The van der Waals surface area contributed by atoms with Crippen LogP contribution in [-0.2, 0) is 6.54 Å². The summed E-state index contributed by atoms with van der Waals surface area (Å²) in [6.45, 7) is 5.86. The summed E-state index contributed by atoms with van der Waals surface area (Å²) in [6, 6.07) is 8.16. The van der Waals surface area contributed by atoms with Crippen molar-refractivity contribution in [3.63, 3.8) is 0 Å². The molecule has 1 aromatic carbocycles. The van der Waals surface area contributed by atoms with E-state index < -0.39 is 5.97 Å². The standard InChI is InChI=1S/C28H36N4O5/c1-19-15-32(20(2)18-33)27(34)24-13-22(7-6-12-30(3)4)14-29-26(24)37-25(19)17-31(5)16-21-8-10-23(11-9-21)28(35)36/h8-11,13-14,19-20,25,33H,12,15-18H2,1-5H3,(H,35,36)/t19-,20-,25+/m0/s1. The van der Waals surface area contributed by atoms with E-state index in [0.29, 0.717) is 37.3 Å². The fourth-order valence-corrected chi connectivity index (χ4v) is 4.12. The predicted octanol–water partition coefficient (Wildman–Crippen LogP) is 2.04. The van der Waals surface area contributed by atoms with Crippen LogP contribution in [0.1, 0.15) is 45.7 Å². The number of carbonyl (C=O) groups excluding carboxylic acids is 1. The number of carbonyl (C=O) groups is 2. The minimum absolute atomic E-state index is 0.0377. The van der Waals surface area contributed by atoms with E-state index in [4.69, 9.17) is 9.84 Å². The number of fused-ring (bicyclic) bond motifs is 1. The lowest BCUT2D eigenvalue weighted by Gasteiger charge is -2.37. The van der Waals surface area contributed by atoms with Crippen molar-refractivity contribution in [2.75, 3.05) is 47.4 Å². The molecule has 3 atom stereocenters. The molecule has 0 spiro atoms. The number of benzene rings is 1. The van der Waals surface area contributed by atoms with Gasteiger partial charge in [-0.3, -0.25) is 14.6 Å². The first kappa shape index (κ1) is 28.1. The number of likely N-dealkylation sites (N-methyl/N-ethyl adjacent to an activating group) is 1. The summed E-state index contributed by atoms with van der Waals surface area (Å²) in [6.07, 6.45) is 1.34. The Bertz CT molecular complexity index is 1160. The highest BCUT2D eigenvalue weighted by Crippen LogP contribution is 2.27. The van der Waals surface area contributed by atoms with Gasteiger partial charge in [-0.25, -0.2) is 9.78 Å².